The molecule has 5 heteroatoms. The van der Waals surface area contributed by atoms with E-state index in [-0.39, 0.29) is 12.2 Å². The van der Waals surface area contributed by atoms with Gasteiger partial charge in [-0.2, -0.15) is 5.26 Å². The first-order valence-electron chi connectivity index (χ1n) is 8.18. The summed E-state index contributed by atoms with van der Waals surface area (Å²) < 4.78 is 10.5. The van der Waals surface area contributed by atoms with Crippen molar-refractivity contribution >= 4 is 22.8 Å². The highest BCUT2D eigenvalue weighted by Crippen LogP contribution is 2.30. The van der Waals surface area contributed by atoms with E-state index in [0.717, 1.165) is 10.8 Å². The smallest absolute Gasteiger partial charge is 0.261 e. The van der Waals surface area contributed by atoms with Gasteiger partial charge >= 0.3 is 0 Å². The van der Waals surface area contributed by atoms with E-state index in [9.17, 15) is 10.1 Å². The van der Waals surface area contributed by atoms with Crippen LogP contribution < -0.4 is 10.1 Å². The van der Waals surface area contributed by atoms with Crippen LogP contribution in [-0.4, -0.2) is 32.8 Å². The van der Waals surface area contributed by atoms with Crippen molar-refractivity contribution in [1.82, 2.24) is 5.32 Å². The second-order valence-electron chi connectivity index (χ2n) is 5.46. The number of benzene rings is 2. The third kappa shape index (κ3) is 4.86. The fourth-order valence-corrected chi connectivity index (χ4v) is 2.48. The number of hydrogen-bond acceptors (Lipinski definition) is 4. The second kappa shape index (κ2) is 9.88. The van der Waals surface area contributed by atoms with Crippen molar-refractivity contribution in [2.75, 3.05) is 26.9 Å². The molecule has 0 saturated carbocycles. The van der Waals surface area contributed by atoms with E-state index in [1.807, 2.05) is 36.4 Å². The molecule has 0 unspecified atom stereocenters. The highest BCUT2D eigenvalue weighted by Gasteiger charge is 2.13. The molecule has 132 valence electrons. The van der Waals surface area contributed by atoms with Crippen molar-refractivity contribution in [3.05, 3.63) is 47.5 Å². The quantitative estimate of drug-likeness (QED) is 0.345. The Labute approximate surface area is 153 Å². The lowest BCUT2D eigenvalue weighted by molar-refractivity contribution is -0.117. The summed E-state index contributed by atoms with van der Waals surface area (Å²) in [4.78, 5) is 12.3. The van der Waals surface area contributed by atoms with Crippen LogP contribution in [0.3, 0.4) is 0 Å². The zero-order valence-corrected chi connectivity index (χ0v) is 14.6. The van der Waals surface area contributed by atoms with Crippen LogP contribution >= 0.6 is 0 Å². The normalized spacial score (nSPS) is 10.8. The van der Waals surface area contributed by atoms with Crippen LogP contribution in [0.4, 0.5) is 0 Å². The van der Waals surface area contributed by atoms with Crippen LogP contribution in [0, 0.1) is 23.7 Å². The molecule has 1 N–H and O–H groups in total. The van der Waals surface area contributed by atoms with Crippen molar-refractivity contribution in [2.24, 2.45) is 0 Å². The van der Waals surface area contributed by atoms with Crippen LogP contribution in [0.15, 0.2) is 42.0 Å². The number of nitriles is 1. The Morgan fingerprint density at radius 1 is 1.31 bits per heavy atom. The number of carbonyl (C=O) groups is 1. The number of hydrogen-bond donors (Lipinski definition) is 1. The monoisotopic (exact) mass is 348 g/mol. The zero-order valence-electron chi connectivity index (χ0n) is 14.6. The molecule has 0 aliphatic carbocycles. The van der Waals surface area contributed by atoms with Gasteiger partial charge in [-0.05, 0) is 29.3 Å². The average molecular weight is 348 g/mol. The van der Waals surface area contributed by atoms with Crippen LogP contribution in [0.5, 0.6) is 5.75 Å². The van der Waals surface area contributed by atoms with Gasteiger partial charge in [0.05, 0.1) is 0 Å². The molecule has 0 heterocycles. The molecule has 1 amide bonds. The molecule has 2 aromatic rings. The molecule has 5 nitrogen and oxygen atoms in total. The van der Waals surface area contributed by atoms with Gasteiger partial charge in [-0.25, -0.2) is 0 Å². The zero-order chi connectivity index (χ0) is 18.8. The van der Waals surface area contributed by atoms with Crippen molar-refractivity contribution in [1.29, 1.82) is 5.26 Å². The van der Waals surface area contributed by atoms with Gasteiger partial charge in [-0.3, -0.25) is 4.79 Å². The molecule has 2 aromatic carbocycles. The Morgan fingerprint density at radius 3 is 2.85 bits per heavy atom. The molecule has 0 radical (unpaired) electrons. The van der Waals surface area contributed by atoms with Gasteiger partial charge < -0.3 is 14.8 Å². The van der Waals surface area contributed by atoms with Crippen LogP contribution in [0.1, 0.15) is 12.0 Å². The SMILES string of the molecule is C#CCOc1ccc2ccccc2c1/C=C(\C#N)C(=O)NCCCOC. The standard InChI is InChI=1S/C21H20N2O3/c1-3-12-26-20-10-9-16-7-4-5-8-18(16)19(20)14-17(15-22)21(24)23-11-6-13-25-2/h1,4-5,7-10,14H,6,11-13H2,2H3,(H,23,24)/b17-14+. The lowest BCUT2D eigenvalue weighted by Gasteiger charge is -2.11. The van der Waals surface area contributed by atoms with E-state index in [1.54, 1.807) is 19.3 Å². The van der Waals surface area contributed by atoms with Crippen LogP contribution in [0.2, 0.25) is 0 Å². The van der Waals surface area contributed by atoms with Crippen LogP contribution in [0.25, 0.3) is 16.8 Å². The molecule has 0 fully saturated rings. The minimum atomic E-state index is -0.431. The fourth-order valence-electron chi connectivity index (χ4n) is 2.48. The number of nitrogens with zero attached hydrogens (tertiary/aromatic N) is 1. The highest BCUT2D eigenvalue weighted by molar-refractivity contribution is 6.04. The molecule has 2 rings (SSSR count). The maximum atomic E-state index is 12.3. The predicted octanol–water partition coefficient (Wildman–Crippen LogP) is 2.91. The van der Waals surface area contributed by atoms with E-state index in [0.29, 0.717) is 30.9 Å². The van der Waals surface area contributed by atoms with Crippen molar-refractivity contribution in [3.63, 3.8) is 0 Å². The minimum absolute atomic E-state index is 0.00401. The Morgan fingerprint density at radius 2 is 2.12 bits per heavy atom. The first-order valence-corrected chi connectivity index (χ1v) is 8.18. The van der Waals surface area contributed by atoms with E-state index < -0.39 is 5.91 Å². The van der Waals surface area contributed by atoms with Crippen molar-refractivity contribution in [2.45, 2.75) is 6.42 Å². The fraction of sp³-hybridized carbons (Fsp3) is 0.238. The molecule has 0 saturated heterocycles. The lowest BCUT2D eigenvalue weighted by Crippen LogP contribution is -2.26. The molecular weight excluding hydrogens is 328 g/mol. The molecule has 0 bridgehead atoms. The van der Waals surface area contributed by atoms with E-state index in [2.05, 4.69) is 11.2 Å². The van der Waals surface area contributed by atoms with Gasteiger partial charge in [-0.15, -0.1) is 6.42 Å². The minimum Gasteiger partial charge on any atom is -0.480 e. The largest absolute Gasteiger partial charge is 0.480 e. The maximum Gasteiger partial charge on any atom is 0.261 e. The summed E-state index contributed by atoms with van der Waals surface area (Å²) in [7, 11) is 1.60. The third-order valence-corrected chi connectivity index (χ3v) is 3.71. The van der Waals surface area contributed by atoms with Crippen molar-refractivity contribution < 1.29 is 14.3 Å². The predicted molar refractivity (Wildman–Crippen MR) is 101 cm³/mol. The van der Waals surface area contributed by atoms with Gasteiger partial charge in [0.15, 0.2) is 0 Å². The summed E-state index contributed by atoms with van der Waals surface area (Å²) >= 11 is 0. The second-order valence-corrected chi connectivity index (χ2v) is 5.46. The van der Waals surface area contributed by atoms with E-state index in [4.69, 9.17) is 15.9 Å². The molecule has 0 spiro atoms. The summed E-state index contributed by atoms with van der Waals surface area (Å²) in [6.07, 6.45) is 7.49. The van der Waals surface area contributed by atoms with Gasteiger partial charge in [0.2, 0.25) is 0 Å². The summed E-state index contributed by atoms with van der Waals surface area (Å²) in [5.41, 5.74) is 0.659. The Kier molecular flexibility index (Phi) is 7.24. The lowest BCUT2D eigenvalue weighted by atomic mass is 10.0. The maximum absolute atomic E-state index is 12.3. The number of terminal acetylenes is 1. The number of methoxy groups -OCH3 is 1. The van der Waals surface area contributed by atoms with Gasteiger partial charge in [0.25, 0.3) is 5.91 Å². The molecule has 0 aliphatic rings. The first kappa shape index (κ1) is 19.1. The number of rotatable bonds is 8. The molecule has 0 aromatic heterocycles. The number of carbonyl (C=O) groups excluding carboxylic acids is 1. The average Bonchev–Trinajstić information content (AvgIpc) is 2.68. The van der Waals surface area contributed by atoms with Gasteiger partial charge in [0, 0.05) is 25.8 Å². The summed E-state index contributed by atoms with van der Waals surface area (Å²) in [5.74, 6) is 2.52. The van der Waals surface area contributed by atoms with Gasteiger partial charge in [0.1, 0.15) is 24.0 Å². The first-order chi connectivity index (χ1) is 12.7. The highest BCUT2D eigenvalue weighted by atomic mass is 16.5. The van der Waals surface area contributed by atoms with Crippen LogP contribution in [-0.2, 0) is 9.53 Å². The molecule has 26 heavy (non-hydrogen) atoms. The number of nitrogens with one attached hydrogen (secondary N) is 1. The molecule has 0 aliphatic heterocycles. The number of fused-ring (bicyclic) bond motifs is 1. The summed E-state index contributed by atoms with van der Waals surface area (Å²) in [6, 6.07) is 13.3. The summed E-state index contributed by atoms with van der Waals surface area (Å²) in [5, 5.41) is 14.0. The van der Waals surface area contributed by atoms with E-state index in [1.165, 1.54) is 0 Å². The Bertz CT molecular complexity index is 888. The molecule has 0 atom stereocenters. The number of amides is 1. The third-order valence-electron chi connectivity index (χ3n) is 3.71. The Balaban J connectivity index is 2.38. The topological polar surface area (TPSA) is 71.3 Å². The Hall–Kier alpha value is -3.28. The molecular formula is C21H20N2O3. The van der Waals surface area contributed by atoms with Gasteiger partial charge in [-0.1, -0.05) is 36.3 Å². The number of ether oxygens (including phenoxy) is 2. The van der Waals surface area contributed by atoms with E-state index >= 15 is 0 Å². The van der Waals surface area contributed by atoms with Crippen molar-refractivity contribution in [3.8, 4) is 24.2 Å². The summed E-state index contributed by atoms with van der Waals surface area (Å²) in [6.45, 7) is 1.07.